The molecule has 0 aliphatic carbocycles. The number of phenols is 1. The summed E-state index contributed by atoms with van der Waals surface area (Å²) in [7, 11) is 0. The molecule has 2 heterocycles. The van der Waals surface area contributed by atoms with Crippen molar-refractivity contribution < 1.29 is 24.9 Å². The Morgan fingerprint density at radius 3 is 2.65 bits per heavy atom. The van der Waals surface area contributed by atoms with Crippen LogP contribution in [0.5, 0.6) is 5.75 Å². The van der Waals surface area contributed by atoms with Crippen molar-refractivity contribution in [3.63, 3.8) is 0 Å². The summed E-state index contributed by atoms with van der Waals surface area (Å²) >= 11 is 1.49. The Labute approximate surface area is 183 Å². The molecule has 0 fully saturated rings. The Hall–Kier alpha value is -3.39. The summed E-state index contributed by atoms with van der Waals surface area (Å²) in [6.45, 7) is 2.22. The predicted octanol–water partition coefficient (Wildman–Crippen LogP) is 4.45. The first kappa shape index (κ1) is 22.3. The number of aryl methyl sites for hydroxylation is 1. The quantitative estimate of drug-likeness (QED) is 0.402. The molecule has 0 spiro atoms. The number of nitrogens with zero attached hydrogens (tertiary/aromatic N) is 2. The molecule has 3 N–H and O–H groups in total. The van der Waals surface area contributed by atoms with E-state index < -0.39 is 11.9 Å². The van der Waals surface area contributed by atoms with Crippen LogP contribution in [0.15, 0.2) is 47.5 Å². The molecule has 3 rings (SSSR count). The normalized spacial score (nSPS) is 11.6. The van der Waals surface area contributed by atoms with Crippen LogP contribution in [0.25, 0.3) is 6.08 Å². The third-order valence-electron chi connectivity index (χ3n) is 4.94. The number of rotatable bonds is 10. The fourth-order valence-electron chi connectivity index (χ4n) is 3.36. The minimum absolute atomic E-state index is 0.160. The molecule has 0 radical (unpaired) electrons. The number of hydrogen-bond acceptors (Lipinski definition) is 5. The monoisotopic (exact) mass is 440 g/mol. The second-order valence-corrected chi connectivity index (χ2v) is 8.17. The summed E-state index contributed by atoms with van der Waals surface area (Å²) in [5, 5.41) is 31.2. The van der Waals surface area contributed by atoms with Crippen molar-refractivity contribution in [2.45, 2.75) is 39.2 Å². The summed E-state index contributed by atoms with van der Waals surface area (Å²) in [6.07, 6.45) is 6.03. The van der Waals surface area contributed by atoms with E-state index in [2.05, 4.69) is 11.9 Å². The topological polar surface area (TPSA) is 113 Å². The van der Waals surface area contributed by atoms with E-state index >= 15 is 0 Å². The van der Waals surface area contributed by atoms with E-state index in [1.54, 1.807) is 24.4 Å². The van der Waals surface area contributed by atoms with Gasteiger partial charge in [0.15, 0.2) is 0 Å². The first-order valence-corrected chi connectivity index (χ1v) is 10.8. The third-order valence-corrected chi connectivity index (χ3v) is 5.81. The second kappa shape index (κ2) is 10.1. The first-order valence-electron chi connectivity index (χ1n) is 9.95. The van der Waals surface area contributed by atoms with Crippen molar-refractivity contribution in [1.29, 1.82) is 0 Å². The van der Waals surface area contributed by atoms with Crippen molar-refractivity contribution in [2.24, 2.45) is 0 Å². The van der Waals surface area contributed by atoms with Gasteiger partial charge < -0.3 is 19.9 Å². The lowest BCUT2D eigenvalue weighted by atomic mass is 10.1. The van der Waals surface area contributed by atoms with Crippen molar-refractivity contribution >= 4 is 29.4 Å². The molecule has 1 aromatic carbocycles. The molecule has 7 nitrogen and oxygen atoms in total. The Morgan fingerprint density at radius 2 is 2.00 bits per heavy atom. The van der Waals surface area contributed by atoms with Gasteiger partial charge in [-0.15, -0.1) is 11.3 Å². The maximum Gasteiger partial charge on any atom is 0.339 e. The molecule has 2 aromatic heterocycles. The molecule has 162 valence electrons. The van der Waals surface area contributed by atoms with Gasteiger partial charge in [-0.2, -0.15) is 0 Å². The number of unbranched alkanes of at least 4 members (excludes halogenated alkanes) is 1. The Bertz CT molecular complexity index is 1100. The molecular weight excluding hydrogens is 416 g/mol. The van der Waals surface area contributed by atoms with Gasteiger partial charge in [-0.3, -0.25) is 0 Å². The molecule has 0 aliphatic heterocycles. The number of aromatic nitrogens is 2. The van der Waals surface area contributed by atoms with Crippen LogP contribution >= 0.6 is 11.3 Å². The highest BCUT2D eigenvalue weighted by molar-refractivity contribution is 7.09. The summed E-state index contributed by atoms with van der Waals surface area (Å²) in [6, 6.07) is 8.33. The zero-order chi connectivity index (χ0) is 22.4. The van der Waals surface area contributed by atoms with Gasteiger partial charge in [-0.25, -0.2) is 14.6 Å². The number of imidazole rings is 1. The van der Waals surface area contributed by atoms with Crippen LogP contribution in [0.2, 0.25) is 0 Å². The van der Waals surface area contributed by atoms with Crippen LogP contribution in [0.4, 0.5) is 0 Å². The third kappa shape index (κ3) is 5.40. The van der Waals surface area contributed by atoms with Crippen molar-refractivity contribution in [1.82, 2.24) is 9.55 Å². The number of aromatic hydroxyl groups is 1. The maximum absolute atomic E-state index is 11.9. The van der Waals surface area contributed by atoms with Gasteiger partial charge in [0.1, 0.15) is 17.1 Å². The Morgan fingerprint density at radius 1 is 1.19 bits per heavy atom. The SMILES string of the molecule is CCCCc1ncc(/C=C(\Cc2cccs2)C(=O)O)n1Cc1cccc(O)c1C(=O)O. The molecule has 31 heavy (non-hydrogen) atoms. The van der Waals surface area contributed by atoms with E-state index in [1.807, 2.05) is 22.1 Å². The standard InChI is InChI=1S/C23H24N2O5S/c1-2-3-9-20-24-13-17(11-16(22(27)28)12-18-7-5-10-31-18)25(20)14-15-6-4-8-19(26)21(15)23(29)30/h4-8,10-11,13,26H,2-3,9,12,14H2,1H3,(H,27,28)(H,29,30)/b16-11+. The highest BCUT2D eigenvalue weighted by Crippen LogP contribution is 2.24. The Balaban J connectivity index is 2.05. The zero-order valence-corrected chi connectivity index (χ0v) is 17.9. The van der Waals surface area contributed by atoms with Crippen molar-refractivity contribution in [3.8, 4) is 5.75 Å². The highest BCUT2D eigenvalue weighted by atomic mass is 32.1. The number of carboxylic acid groups (broad SMARTS) is 2. The molecule has 0 saturated heterocycles. The number of thiophene rings is 1. The number of benzene rings is 1. The lowest BCUT2D eigenvalue weighted by molar-refractivity contribution is -0.132. The molecule has 0 unspecified atom stereocenters. The van der Waals surface area contributed by atoms with Crippen molar-refractivity contribution in [2.75, 3.05) is 0 Å². The van der Waals surface area contributed by atoms with Gasteiger partial charge in [0.25, 0.3) is 0 Å². The van der Waals surface area contributed by atoms with Crippen LogP contribution < -0.4 is 0 Å². The molecule has 0 atom stereocenters. The summed E-state index contributed by atoms with van der Waals surface area (Å²) in [4.78, 5) is 29.0. The van der Waals surface area contributed by atoms with Gasteiger partial charge in [0.2, 0.25) is 0 Å². The van der Waals surface area contributed by atoms with Gasteiger partial charge in [-0.1, -0.05) is 31.5 Å². The smallest absolute Gasteiger partial charge is 0.339 e. The molecular formula is C23H24N2O5S. The minimum atomic E-state index is -1.22. The van der Waals surface area contributed by atoms with Crippen LogP contribution in [0.3, 0.4) is 0 Å². The van der Waals surface area contributed by atoms with Gasteiger partial charge in [-0.05, 0) is 35.6 Å². The van der Waals surface area contributed by atoms with Crippen LogP contribution in [-0.2, 0) is 24.2 Å². The van der Waals surface area contributed by atoms with Gasteiger partial charge in [0.05, 0.1) is 18.4 Å². The van der Waals surface area contributed by atoms with Gasteiger partial charge in [0, 0.05) is 23.3 Å². The molecule has 0 bridgehead atoms. The number of carboxylic acids is 2. The Kier molecular flexibility index (Phi) is 7.25. The minimum Gasteiger partial charge on any atom is -0.507 e. The van der Waals surface area contributed by atoms with E-state index in [0.717, 1.165) is 23.5 Å². The zero-order valence-electron chi connectivity index (χ0n) is 17.1. The summed E-state index contributed by atoms with van der Waals surface area (Å²) < 4.78 is 1.83. The van der Waals surface area contributed by atoms with E-state index in [-0.39, 0.29) is 29.9 Å². The average Bonchev–Trinajstić information content (AvgIpc) is 3.36. The lowest BCUT2D eigenvalue weighted by Crippen LogP contribution is -2.12. The first-order chi connectivity index (χ1) is 14.9. The van der Waals surface area contributed by atoms with Crippen LogP contribution in [-0.4, -0.2) is 36.8 Å². The molecule has 0 aliphatic rings. The lowest BCUT2D eigenvalue weighted by Gasteiger charge is -2.14. The van der Waals surface area contributed by atoms with Crippen LogP contribution in [0.1, 0.15) is 52.1 Å². The summed E-state index contributed by atoms with van der Waals surface area (Å²) in [5.74, 6) is -1.79. The number of aromatic carboxylic acids is 1. The average molecular weight is 441 g/mol. The van der Waals surface area contributed by atoms with Gasteiger partial charge >= 0.3 is 11.9 Å². The van der Waals surface area contributed by atoms with E-state index in [4.69, 9.17) is 0 Å². The maximum atomic E-state index is 11.9. The fraction of sp³-hybridized carbons (Fsp3) is 0.261. The van der Waals surface area contributed by atoms with E-state index in [0.29, 0.717) is 17.7 Å². The number of hydrogen-bond donors (Lipinski definition) is 3. The summed E-state index contributed by atoms with van der Waals surface area (Å²) in [5.41, 5.74) is 1.07. The molecule has 8 heteroatoms. The fourth-order valence-corrected chi connectivity index (χ4v) is 4.09. The molecule has 3 aromatic rings. The molecule has 0 amide bonds. The van der Waals surface area contributed by atoms with Crippen LogP contribution in [0, 0.1) is 0 Å². The van der Waals surface area contributed by atoms with E-state index in [9.17, 15) is 24.9 Å². The van der Waals surface area contributed by atoms with E-state index in [1.165, 1.54) is 17.4 Å². The number of carbonyl (C=O) groups is 2. The molecule has 0 saturated carbocycles. The largest absolute Gasteiger partial charge is 0.507 e. The van der Waals surface area contributed by atoms with Crippen molar-refractivity contribution in [3.05, 3.63) is 75.0 Å². The predicted molar refractivity (Wildman–Crippen MR) is 119 cm³/mol. The number of aliphatic carboxylic acids is 1. The second-order valence-electron chi connectivity index (χ2n) is 7.14. The highest BCUT2D eigenvalue weighted by Gasteiger charge is 2.19.